The second kappa shape index (κ2) is 4.52. The molecule has 2 saturated heterocycles. The van der Waals surface area contributed by atoms with E-state index in [1.807, 2.05) is 0 Å². The van der Waals surface area contributed by atoms with Crippen LogP contribution in [0.2, 0.25) is 0 Å². The quantitative estimate of drug-likeness (QED) is 0.673. The van der Waals surface area contributed by atoms with E-state index in [1.54, 1.807) is 6.07 Å². The first-order valence-corrected chi connectivity index (χ1v) is 8.53. The first kappa shape index (κ1) is 13.9. The normalized spacial score (nSPS) is 34.7. The minimum absolute atomic E-state index is 0.366. The first-order chi connectivity index (χ1) is 11.0. The van der Waals surface area contributed by atoms with E-state index in [2.05, 4.69) is 4.90 Å². The summed E-state index contributed by atoms with van der Waals surface area (Å²) in [6.07, 6.45) is 1.63. The molecule has 4 fully saturated rings. The molecule has 4 bridgehead atoms. The zero-order chi connectivity index (χ0) is 15.8. The minimum Gasteiger partial charge on any atom is -0.352 e. The van der Waals surface area contributed by atoms with Gasteiger partial charge in [-0.3, -0.25) is 0 Å². The molecule has 0 N–H and O–H groups in total. The number of aliphatic imine (C=N–C) groups is 1. The lowest BCUT2D eigenvalue weighted by Gasteiger charge is -2.39. The van der Waals surface area contributed by atoms with Crippen LogP contribution in [0, 0.1) is 17.8 Å². The molecule has 5 heteroatoms. The number of nitrogens with zero attached hydrogens (tertiary/aromatic N) is 2. The monoisotopic (exact) mass is 320 g/mol. The Hall–Kier alpha value is -1.52. The Bertz CT molecular complexity index is 680. The van der Waals surface area contributed by atoms with Crippen molar-refractivity contribution < 1.29 is 13.2 Å². The zero-order valence-electron chi connectivity index (χ0n) is 12.8. The van der Waals surface area contributed by atoms with Crippen LogP contribution >= 0.6 is 0 Å². The van der Waals surface area contributed by atoms with Crippen LogP contribution in [0.4, 0.5) is 18.9 Å². The molecule has 6 rings (SSSR count). The second-order valence-corrected chi connectivity index (χ2v) is 7.66. The number of halogens is 3. The summed E-state index contributed by atoms with van der Waals surface area (Å²) in [7, 11) is 0. The lowest BCUT2D eigenvalue weighted by molar-refractivity contribution is -0.138. The molecule has 5 aliphatic rings. The van der Waals surface area contributed by atoms with Crippen molar-refractivity contribution in [2.24, 2.45) is 22.7 Å². The van der Waals surface area contributed by atoms with Gasteiger partial charge < -0.3 is 4.90 Å². The summed E-state index contributed by atoms with van der Waals surface area (Å²) < 4.78 is 40.1. The van der Waals surface area contributed by atoms with Crippen LogP contribution in [-0.2, 0) is 12.7 Å². The molecule has 0 radical (unpaired) electrons. The predicted octanol–water partition coefficient (Wildman–Crippen LogP) is 4.76. The summed E-state index contributed by atoms with van der Waals surface area (Å²) in [5.74, 6) is 3.02. The molecule has 0 aromatic heterocycles. The van der Waals surface area contributed by atoms with Crippen LogP contribution < -0.4 is 0 Å². The molecule has 0 spiro atoms. The van der Waals surface area contributed by atoms with Crippen molar-refractivity contribution in [1.82, 2.24) is 4.90 Å². The maximum atomic E-state index is 13.4. The van der Waals surface area contributed by atoms with Crippen molar-refractivity contribution >= 4 is 11.5 Å². The Kier molecular flexibility index (Phi) is 2.73. The molecule has 1 aromatic carbocycles. The topological polar surface area (TPSA) is 15.6 Å². The third-order valence-corrected chi connectivity index (χ3v) is 6.23. The summed E-state index contributed by atoms with van der Waals surface area (Å²) in [5.41, 5.74) is 0.388. The Labute approximate surface area is 133 Å². The first-order valence-electron chi connectivity index (χ1n) is 8.53. The number of hydrogen-bond donors (Lipinski definition) is 0. The third kappa shape index (κ3) is 2.05. The molecule has 1 aromatic rings. The third-order valence-electron chi connectivity index (χ3n) is 6.23. The Morgan fingerprint density at radius 3 is 2.43 bits per heavy atom. The number of benzene rings is 1. The van der Waals surface area contributed by atoms with E-state index in [0.717, 1.165) is 30.5 Å². The summed E-state index contributed by atoms with van der Waals surface area (Å²) in [6.45, 7) is 0.379. The van der Waals surface area contributed by atoms with Crippen molar-refractivity contribution in [1.29, 1.82) is 0 Å². The van der Waals surface area contributed by atoms with E-state index in [1.165, 1.54) is 31.4 Å². The van der Waals surface area contributed by atoms with Gasteiger partial charge in [-0.2, -0.15) is 13.2 Å². The Morgan fingerprint density at radius 2 is 1.74 bits per heavy atom. The Balaban J connectivity index is 1.64. The van der Waals surface area contributed by atoms with Crippen molar-refractivity contribution in [3.05, 3.63) is 29.3 Å². The van der Waals surface area contributed by atoms with Crippen molar-refractivity contribution in [3.63, 3.8) is 0 Å². The predicted molar refractivity (Wildman–Crippen MR) is 81.4 cm³/mol. The average molecular weight is 320 g/mol. The fraction of sp³-hybridized carbons (Fsp3) is 0.611. The molecule has 0 amide bonds. The van der Waals surface area contributed by atoms with E-state index in [9.17, 15) is 13.2 Å². The molecule has 2 aliphatic carbocycles. The van der Waals surface area contributed by atoms with E-state index < -0.39 is 11.7 Å². The van der Waals surface area contributed by atoms with Gasteiger partial charge >= 0.3 is 6.18 Å². The maximum absolute atomic E-state index is 13.4. The highest BCUT2D eigenvalue weighted by Gasteiger charge is 2.47. The highest BCUT2D eigenvalue weighted by atomic mass is 19.4. The number of amidine groups is 1. The van der Waals surface area contributed by atoms with E-state index >= 15 is 0 Å². The van der Waals surface area contributed by atoms with Gasteiger partial charge in [0.05, 0.1) is 11.3 Å². The molecular formula is C18H19F3N2. The largest absolute Gasteiger partial charge is 0.416 e. The van der Waals surface area contributed by atoms with Crippen molar-refractivity contribution in [2.45, 2.75) is 50.9 Å². The van der Waals surface area contributed by atoms with Gasteiger partial charge in [-0.05, 0) is 56.1 Å². The van der Waals surface area contributed by atoms with Crippen LogP contribution in [0.3, 0.4) is 0 Å². The molecular weight excluding hydrogens is 301 g/mol. The zero-order valence-corrected chi connectivity index (χ0v) is 12.8. The van der Waals surface area contributed by atoms with Crippen LogP contribution in [0.15, 0.2) is 23.2 Å². The summed E-state index contributed by atoms with van der Waals surface area (Å²) >= 11 is 0. The van der Waals surface area contributed by atoms with Gasteiger partial charge in [-0.15, -0.1) is 0 Å². The van der Waals surface area contributed by atoms with Crippen LogP contribution in [-0.4, -0.2) is 16.8 Å². The molecule has 0 unspecified atom stereocenters. The van der Waals surface area contributed by atoms with E-state index in [0.29, 0.717) is 29.8 Å². The van der Waals surface area contributed by atoms with Crippen LogP contribution in [0.5, 0.6) is 0 Å². The van der Waals surface area contributed by atoms with Gasteiger partial charge in [-0.25, -0.2) is 4.99 Å². The molecule has 3 aliphatic heterocycles. The minimum atomic E-state index is -4.30. The number of alkyl halides is 3. The summed E-state index contributed by atoms with van der Waals surface area (Å²) in [6, 6.07) is 4.81. The smallest absolute Gasteiger partial charge is 0.352 e. The van der Waals surface area contributed by atoms with Crippen LogP contribution in [0.1, 0.15) is 43.2 Å². The molecule has 23 heavy (non-hydrogen) atoms. The van der Waals surface area contributed by atoms with Gasteiger partial charge in [0.25, 0.3) is 0 Å². The van der Waals surface area contributed by atoms with Gasteiger partial charge in [0, 0.05) is 24.1 Å². The van der Waals surface area contributed by atoms with Crippen molar-refractivity contribution in [3.8, 4) is 0 Å². The summed E-state index contributed by atoms with van der Waals surface area (Å²) in [5, 5.41) is 0. The lowest BCUT2D eigenvalue weighted by atomic mass is 9.68. The number of rotatable bonds is 0. The van der Waals surface area contributed by atoms with Gasteiger partial charge in [0.2, 0.25) is 0 Å². The fourth-order valence-corrected chi connectivity index (χ4v) is 5.47. The van der Waals surface area contributed by atoms with Crippen LogP contribution in [0.25, 0.3) is 0 Å². The molecule has 2 atom stereocenters. The van der Waals surface area contributed by atoms with E-state index in [-0.39, 0.29) is 0 Å². The fourth-order valence-electron chi connectivity index (χ4n) is 5.47. The molecule has 3 heterocycles. The average Bonchev–Trinajstić information content (AvgIpc) is 2.66. The van der Waals surface area contributed by atoms with Gasteiger partial charge in [-0.1, -0.05) is 6.07 Å². The number of fused-ring (bicyclic) bond motifs is 1. The Morgan fingerprint density at radius 1 is 1.00 bits per heavy atom. The van der Waals surface area contributed by atoms with Gasteiger partial charge in [0.15, 0.2) is 0 Å². The maximum Gasteiger partial charge on any atom is 0.416 e. The highest BCUT2D eigenvalue weighted by Crippen LogP contribution is 2.51. The number of hydrogen-bond acceptors (Lipinski definition) is 2. The second-order valence-electron chi connectivity index (χ2n) is 7.66. The standard InChI is InChI=1S/C18H19F3N2/c19-18(20,21)15-2-1-3-16-14(15)9-23-13-7-10-4-11(8-13)6-12(5-10)17(23)22-16/h1-3,10-13H,4-9H2/t10-,11-,12?,13?/m0/s1. The molecule has 2 nitrogen and oxygen atoms in total. The van der Waals surface area contributed by atoms with E-state index in [4.69, 9.17) is 4.99 Å². The highest BCUT2D eigenvalue weighted by molar-refractivity contribution is 5.90. The lowest BCUT2D eigenvalue weighted by Crippen LogP contribution is -2.42. The molecule has 122 valence electrons. The SMILES string of the molecule is FC(F)(F)c1cccc2c1CN1C(=N2)C2C[C@H]3CC1C[C@H](C2)C3. The van der Waals surface area contributed by atoms with Crippen molar-refractivity contribution in [2.75, 3.05) is 0 Å². The summed E-state index contributed by atoms with van der Waals surface area (Å²) in [4.78, 5) is 6.97. The van der Waals surface area contributed by atoms with Gasteiger partial charge in [0.1, 0.15) is 5.84 Å². The molecule has 2 saturated carbocycles.